The molecule has 0 nitrogen and oxygen atoms in total. The molecule has 0 radical (unpaired) electrons. The molecule has 0 aromatic rings. The topological polar surface area (TPSA) is 0 Å². The lowest BCUT2D eigenvalue weighted by atomic mass is 9.93. The van der Waals surface area contributed by atoms with Crippen LogP contribution >= 0.6 is 22.6 Å². The second-order valence-corrected chi connectivity index (χ2v) is 5.46. The van der Waals surface area contributed by atoms with Gasteiger partial charge in [-0.25, -0.2) is 0 Å². The minimum Gasteiger partial charge on any atom is -0.0590 e. The van der Waals surface area contributed by atoms with Crippen molar-refractivity contribution in [2.75, 3.05) is 0 Å². The van der Waals surface area contributed by atoms with E-state index in [1.165, 1.54) is 12.8 Å². The summed E-state index contributed by atoms with van der Waals surface area (Å²) in [6.45, 7) is 9.30. The molecule has 0 bridgehead atoms. The van der Waals surface area contributed by atoms with Crippen LogP contribution in [-0.2, 0) is 0 Å². The maximum Gasteiger partial charge on any atom is -0.00429 e. The molecule has 64 valence electrons. The van der Waals surface area contributed by atoms with E-state index in [9.17, 15) is 0 Å². The third kappa shape index (κ3) is 1.79. The van der Waals surface area contributed by atoms with E-state index in [4.69, 9.17) is 0 Å². The Morgan fingerprint density at radius 3 is 2.09 bits per heavy atom. The first-order chi connectivity index (χ1) is 4.95. The largest absolute Gasteiger partial charge is 0.0590 e. The van der Waals surface area contributed by atoms with E-state index in [1.54, 1.807) is 9.15 Å². The predicted molar refractivity (Wildman–Crippen MR) is 58.9 cm³/mol. The first-order valence-electron chi connectivity index (χ1n) is 4.34. The lowest BCUT2D eigenvalue weighted by Gasteiger charge is -2.18. The van der Waals surface area contributed by atoms with Gasteiger partial charge >= 0.3 is 0 Å². The molecule has 0 N–H and O–H groups in total. The molecular formula is C10H17I. The second kappa shape index (κ2) is 3.08. The molecule has 1 rings (SSSR count). The van der Waals surface area contributed by atoms with Crippen LogP contribution in [0.25, 0.3) is 0 Å². The fourth-order valence-corrected chi connectivity index (χ4v) is 2.81. The van der Waals surface area contributed by atoms with Gasteiger partial charge in [-0.2, -0.15) is 0 Å². The summed E-state index contributed by atoms with van der Waals surface area (Å²) in [5.41, 5.74) is 2.16. The van der Waals surface area contributed by atoms with Crippen molar-refractivity contribution in [3.8, 4) is 0 Å². The molecule has 0 atom stereocenters. The van der Waals surface area contributed by atoms with Gasteiger partial charge in [-0.05, 0) is 50.3 Å². The highest BCUT2D eigenvalue weighted by molar-refractivity contribution is 14.1. The maximum atomic E-state index is 2.53. The summed E-state index contributed by atoms with van der Waals surface area (Å²) in [7, 11) is 0. The Hall–Kier alpha value is 0.470. The van der Waals surface area contributed by atoms with Crippen molar-refractivity contribution >= 4 is 22.6 Å². The van der Waals surface area contributed by atoms with Gasteiger partial charge in [0.25, 0.3) is 0 Å². The molecule has 0 unspecified atom stereocenters. The van der Waals surface area contributed by atoms with E-state index in [0.29, 0.717) is 5.41 Å². The molecule has 1 aliphatic carbocycles. The molecule has 1 aliphatic rings. The summed E-state index contributed by atoms with van der Waals surface area (Å²) < 4.78 is 1.62. The maximum absolute atomic E-state index is 2.53. The second-order valence-electron chi connectivity index (χ2n) is 4.38. The van der Waals surface area contributed by atoms with Crippen molar-refractivity contribution < 1.29 is 0 Å². The molecule has 0 amide bonds. The van der Waals surface area contributed by atoms with Crippen LogP contribution in [0.5, 0.6) is 0 Å². The van der Waals surface area contributed by atoms with Crippen molar-refractivity contribution in [3.63, 3.8) is 0 Å². The molecular weight excluding hydrogens is 247 g/mol. The van der Waals surface area contributed by atoms with E-state index in [-0.39, 0.29) is 0 Å². The average Bonchev–Trinajstić information content (AvgIpc) is 2.09. The Balaban J connectivity index is 2.90. The Labute approximate surface area is 83.6 Å². The van der Waals surface area contributed by atoms with Crippen molar-refractivity contribution in [1.29, 1.82) is 0 Å². The standard InChI is InChI=1S/C10H17I/c1-7(2)8-5-6-10(3,4)9(8)11/h7H,5-6H2,1-4H3. The molecule has 0 heterocycles. The van der Waals surface area contributed by atoms with Gasteiger partial charge in [-0.3, -0.25) is 0 Å². The zero-order valence-electron chi connectivity index (χ0n) is 7.87. The summed E-state index contributed by atoms with van der Waals surface area (Å²) >= 11 is 2.53. The highest BCUT2D eigenvalue weighted by atomic mass is 127. The summed E-state index contributed by atoms with van der Waals surface area (Å²) in [4.78, 5) is 0. The average molecular weight is 264 g/mol. The number of halogens is 1. The van der Waals surface area contributed by atoms with E-state index in [0.717, 1.165) is 5.92 Å². The van der Waals surface area contributed by atoms with Crippen LogP contribution in [0.3, 0.4) is 0 Å². The smallest absolute Gasteiger partial charge is 0.00429 e. The molecule has 0 aliphatic heterocycles. The summed E-state index contributed by atoms with van der Waals surface area (Å²) in [6, 6.07) is 0. The van der Waals surface area contributed by atoms with Crippen LogP contribution < -0.4 is 0 Å². The van der Waals surface area contributed by atoms with Gasteiger partial charge in [-0.15, -0.1) is 0 Å². The lowest BCUT2D eigenvalue weighted by molar-refractivity contribution is 0.466. The van der Waals surface area contributed by atoms with Crippen LogP contribution in [0.1, 0.15) is 40.5 Å². The number of rotatable bonds is 1. The molecule has 0 aromatic heterocycles. The Kier molecular flexibility index (Phi) is 2.67. The fraction of sp³-hybridized carbons (Fsp3) is 0.800. The first kappa shape index (κ1) is 9.56. The van der Waals surface area contributed by atoms with Gasteiger partial charge < -0.3 is 0 Å². The molecule has 1 heteroatoms. The van der Waals surface area contributed by atoms with Gasteiger partial charge in [0.1, 0.15) is 0 Å². The predicted octanol–water partition coefficient (Wildman–Crippen LogP) is 4.15. The van der Waals surface area contributed by atoms with Gasteiger partial charge in [0.2, 0.25) is 0 Å². The molecule has 0 saturated carbocycles. The Morgan fingerprint density at radius 1 is 1.36 bits per heavy atom. The number of hydrogen-bond acceptors (Lipinski definition) is 0. The van der Waals surface area contributed by atoms with Gasteiger partial charge in [0.05, 0.1) is 0 Å². The number of allylic oxidation sites excluding steroid dienone is 2. The van der Waals surface area contributed by atoms with Crippen LogP contribution in [-0.4, -0.2) is 0 Å². The van der Waals surface area contributed by atoms with Crippen molar-refractivity contribution in [2.24, 2.45) is 11.3 Å². The van der Waals surface area contributed by atoms with Crippen molar-refractivity contribution in [2.45, 2.75) is 40.5 Å². The highest BCUT2D eigenvalue weighted by Gasteiger charge is 2.31. The third-order valence-electron chi connectivity index (χ3n) is 2.59. The Morgan fingerprint density at radius 2 is 1.91 bits per heavy atom. The van der Waals surface area contributed by atoms with Crippen LogP contribution in [0.4, 0.5) is 0 Å². The first-order valence-corrected chi connectivity index (χ1v) is 5.42. The monoisotopic (exact) mass is 264 g/mol. The van der Waals surface area contributed by atoms with Crippen molar-refractivity contribution in [1.82, 2.24) is 0 Å². The SMILES string of the molecule is CC(C)C1=C(I)C(C)(C)CC1. The zero-order valence-corrected chi connectivity index (χ0v) is 10.0. The fourth-order valence-electron chi connectivity index (χ4n) is 1.64. The molecule has 11 heavy (non-hydrogen) atoms. The number of hydrogen-bond donors (Lipinski definition) is 0. The van der Waals surface area contributed by atoms with Gasteiger partial charge in [0, 0.05) is 0 Å². The van der Waals surface area contributed by atoms with Gasteiger partial charge in [-0.1, -0.05) is 33.3 Å². The van der Waals surface area contributed by atoms with Crippen LogP contribution in [0.2, 0.25) is 0 Å². The zero-order chi connectivity index (χ0) is 8.65. The van der Waals surface area contributed by atoms with Crippen LogP contribution in [0.15, 0.2) is 9.15 Å². The van der Waals surface area contributed by atoms with E-state index < -0.39 is 0 Å². The summed E-state index contributed by atoms with van der Waals surface area (Å²) in [5.74, 6) is 0.753. The summed E-state index contributed by atoms with van der Waals surface area (Å²) in [6.07, 6.45) is 2.67. The van der Waals surface area contributed by atoms with Crippen molar-refractivity contribution in [3.05, 3.63) is 9.15 Å². The lowest BCUT2D eigenvalue weighted by Crippen LogP contribution is -2.05. The third-order valence-corrected chi connectivity index (χ3v) is 4.75. The molecule has 0 saturated heterocycles. The quantitative estimate of drug-likeness (QED) is 0.624. The highest BCUT2D eigenvalue weighted by Crippen LogP contribution is 2.47. The van der Waals surface area contributed by atoms with Crippen LogP contribution in [0, 0.1) is 11.3 Å². The normalized spacial score (nSPS) is 23.5. The minimum absolute atomic E-state index is 0.472. The molecule has 0 spiro atoms. The van der Waals surface area contributed by atoms with E-state index in [2.05, 4.69) is 50.3 Å². The van der Waals surface area contributed by atoms with Gasteiger partial charge in [0.15, 0.2) is 0 Å². The molecule has 0 aromatic carbocycles. The Bertz CT molecular complexity index is 187. The molecule has 0 fully saturated rings. The minimum atomic E-state index is 0.472. The van der Waals surface area contributed by atoms with E-state index in [1.807, 2.05) is 0 Å². The summed E-state index contributed by atoms with van der Waals surface area (Å²) in [5, 5.41) is 0. The van der Waals surface area contributed by atoms with E-state index >= 15 is 0 Å².